The van der Waals surface area contributed by atoms with E-state index in [0.717, 1.165) is 12.8 Å². The monoisotopic (exact) mass is 317 g/mol. The standard InChI is InChI=1S/C20H19N3O/c21-14-22-11-5-10-19(22)20(24)23-12-16-8-4-9-17(18(16)13-23)15-6-2-1-3-7-15/h1-4,6-9,19H,5,10-13H2/t19-/m0/s1. The third kappa shape index (κ3) is 2.43. The Labute approximate surface area is 141 Å². The summed E-state index contributed by atoms with van der Waals surface area (Å²) in [6.07, 6.45) is 3.86. The van der Waals surface area contributed by atoms with Crippen LogP contribution in [0.2, 0.25) is 0 Å². The maximum absolute atomic E-state index is 12.9. The maximum Gasteiger partial charge on any atom is 0.246 e. The molecule has 0 unspecified atom stereocenters. The molecule has 2 aromatic carbocycles. The fourth-order valence-electron chi connectivity index (χ4n) is 3.82. The molecular weight excluding hydrogens is 298 g/mol. The first-order valence-electron chi connectivity index (χ1n) is 8.39. The zero-order valence-electron chi connectivity index (χ0n) is 13.5. The summed E-state index contributed by atoms with van der Waals surface area (Å²) in [6, 6.07) is 16.3. The van der Waals surface area contributed by atoms with Crippen molar-refractivity contribution in [2.24, 2.45) is 0 Å². The predicted molar refractivity (Wildman–Crippen MR) is 91.5 cm³/mol. The minimum absolute atomic E-state index is 0.0873. The molecular formula is C20H19N3O. The summed E-state index contributed by atoms with van der Waals surface area (Å²) in [5, 5.41) is 9.20. The summed E-state index contributed by atoms with van der Waals surface area (Å²) < 4.78 is 0. The number of benzene rings is 2. The average molecular weight is 317 g/mol. The zero-order chi connectivity index (χ0) is 16.5. The molecule has 2 aliphatic rings. The molecule has 0 aromatic heterocycles. The Morgan fingerprint density at radius 2 is 1.92 bits per heavy atom. The van der Waals surface area contributed by atoms with E-state index in [0.29, 0.717) is 19.6 Å². The number of nitrogens with zero attached hydrogens (tertiary/aromatic N) is 3. The van der Waals surface area contributed by atoms with Gasteiger partial charge >= 0.3 is 0 Å². The highest BCUT2D eigenvalue weighted by molar-refractivity contribution is 5.84. The fraction of sp³-hybridized carbons (Fsp3) is 0.300. The molecule has 4 nitrogen and oxygen atoms in total. The highest BCUT2D eigenvalue weighted by Gasteiger charge is 2.36. The van der Waals surface area contributed by atoms with Gasteiger partial charge in [-0.2, -0.15) is 5.26 Å². The summed E-state index contributed by atoms with van der Waals surface area (Å²) in [4.78, 5) is 16.4. The first kappa shape index (κ1) is 14.8. The second-order valence-corrected chi connectivity index (χ2v) is 6.45. The van der Waals surface area contributed by atoms with Crippen molar-refractivity contribution in [2.75, 3.05) is 6.54 Å². The number of fused-ring (bicyclic) bond motifs is 1. The van der Waals surface area contributed by atoms with E-state index in [9.17, 15) is 10.1 Å². The van der Waals surface area contributed by atoms with Crippen molar-refractivity contribution >= 4 is 5.91 Å². The van der Waals surface area contributed by atoms with E-state index in [1.54, 1.807) is 4.90 Å². The quantitative estimate of drug-likeness (QED) is 0.800. The Kier molecular flexibility index (Phi) is 3.70. The van der Waals surface area contributed by atoms with Gasteiger partial charge in [-0.3, -0.25) is 9.69 Å². The van der Waals surface area contributed by atoms with Crippen LogP contribution < -0.4 is 0 Å². The highest BCUT2D eigenvalue weighted by Crippen LogP contribution is 2.33. The van der Waals surface area contributed by atoms with E-state index in [1.807, 2.05) is 23.1 Å². The number of carbonyl (C=O) groups is 1. The second kappa shape index (κ2) is 6.01. The van der Waals surface area contributed by atoms with Gasteiger partial charge in [-0.05, 0) is 35.1 Å². The molecule has 120 valence electrons. The highest BCUT2D eigenvalue weighted by atomic mass is 16.2. The number of rotatable bonds is 2. The smallest absolute Gasteiger partial charge is 0.246 e. The molecule has 1 amide bonds. The topological polar surface area (TPSA) is 47.3 Å². The number of amides is 1. The normalized spacial score (nSPS) is 19.2. The van der Waals surface area contributed by atoms with Crippen LogP contribution in [0.5, 0.6) is 0 Å². The lowest BCUT2D eigenvalue weighted by molar-refractivity contribution is -0.135. The fourth-order valence-corrected chi connectivity index (χ4v) is 3.82. The molecule has 1 saturated heterocycles. The maximum atomic E-state index is 12.9. The lowest BCUT2D eigenvalue weighted by atomic mass is 9.97. The van der Waals surface area contributed by atoms with Gasteiger partial charge in [-0.25, -0.2) is 0 Å². The lowest BCUT2D eigenvalue weighted by Crippen LogP contribution is -2.41. The average Bonchev–Trinajstić information content (AvgIpc) is 3.28. The first-order valence-corrected chi connectivity index (χ1v) is 8.39. The summed E-state index contributed by atoms with van der Waals surface area (Å²) in [5.41, 5.74) is 4.83. The van der Waals surface area contributed by atoms with Gasteiger partial charge in [0.2, 0.25) is 5.91 Å². The van der Waals surface area contributed by atoms with Gasteiger partial charge in [0.25, 0.3) is 0 Å². The minimum atomic E-state index is -0.274. The molecule has 2 aliphatic heterocycles. The van der Waals surface area contributed by atoms with E-state index in [2.05, 4.69) is 36.5 Å². The number of carbonyl (C=O) groups excluding carboxylic acids is 1. The molecule has 1 atom stereocenters. The summed E-state index contributed by atoms with van der Waals surface area (Å²) >= 11 is 0. The Balaban J connectivity index is 1.61. The Bertz CT molecular complexity index is 809. The minimum Gasteiger partial charge on any atom is -0.332 e. The van der Waals surface area contributed by atoms with Crippen LogP contribution in [0.15, 0.2) is 48.5 Å². The molecule has 1 fully saturated rings. The molecule has 0 bridgehead atoms. The summed E-state index contributed by atoms with van der Waals surface area (Å²) in [7, 11) is 0. The predicted octanol–water partition coefficient (Wildman–Crippen LogP) is 3.14. The van der Waals surface area contributed by atoms with Gasteiger partial charge in [-0.1, -0.05) is 48.5 Å². The van der Waals surface area contributed by atoms with Gasteiger partial charge in [-0.15, -0.1) is 0 Å². The molecule has 2 aromatic rings. The number of hydrogen-bond acceptors (Lipinski definition) is 3. The van der Waals surface area contributed by atoms with Crippen LogP contribution in [-0.4, -0.2) is 28.3 Å². The van der Waals surface area contributed by atoms with Crippen LogP contribution in [0.4, 0.5) is 0 Å². The molecule has 4 rings (SSSR count). The van der Waals surface area contributed by atoms with Crippen LogP contribution in [0.25, 0.3) is 11.1 Å². The van der Waals surface area contributed by atoms with Crippen molar-refractivity contribution in [1.29, 1.82) is 5.26 Å². The summed E-state index contributed by atoms with van der Waals surface area (Å²) in [6.45, 7) is 1.97. The summed E-state index contributed by atoms with van der Waals surface area (Å²) in [5.74, 6) is 0.0873. The molecule has 4 heteroatoms. The van der Waals surface area contributed by atoms with Crippen LogP contribution >= 0.6 is 0 Å². The van der Waals surface area contributed by atoms with Gasteiger partial charge in [0.05, 0.1) is 0 Å². The molecule has 0 saturated carbocycles. The Morgan fingerprint density at radius 1 is 1.08 bits per heavy atom. The van der Waals surface area contributed by atoms with E-state index in [-0.39, 0.29) is 11.9 Å². The Hall–Kier alpha value is -2.80. The van der Waals surface area contributed by atoms with Crippen molar-refractivity contribution in [3.05, 3.63) is 59.7 Å². The largest absolute Gasteiger partial charge is 0.332 e. The van der Waals surface area contributed by atoms with Gasteiger partial charge < -0.3 is 4.90 Å². The van der Waals surface area contributed by atoms with Crippen molar-refractivity contribution < 1.29 is 4.79 Å². The van der Waals surface area contributed by atoms with Crippen molar-refractivity contribution in [3.8, 4) is 17.3 Å². The third-order valence-corrected chi connectivity index (χ3v) is 5.05. The van der Waals surface area contributed by atoms with Crippen molar-refractivity contribution in [3.63, 3.8) is 0 Å². The number of hydrogen-bond donors (Lipinski definition) is 0. The van der Waals surface area contributed by atoms with Gasteiger partial charge in [0.15, 0.2) is 6.19 Å². The van der Waals surface area contributed by atoms with Crippen LogP contribution in [0, 0.1) is 11.5 Å². The zero-order valence-corrected chi connectivity index (χ0v) is 13.5. The van der Waals surface area contributed by atoms with E-state index >= 15 is 0 Å². The Morgan fingerprint density at radius 3 is 2.71 bits per heavy atom. The number of likely N-dealkylation sites (tertiary alicyclic amines) is 1. The van der Waals surface area contributed by atoms with Gasteiger partial charge in [0.1, 0.15) is 6.04 Å². The van der Waals surface area contributed by atoms with E-state index in [1.165, 1.54) is 22.3 Å². The van der Waals surface area contributed by atoms with Crippen LogP contribution in [-0.2, 0) is 17.9 Å². The number of nitriles is 1. The molecule has 24 heavy (non-hydrogen) atoms. The molecule has 0 aliphatic carbocycles. The van der Waals surface area contributed by atoms with Crippen molar-refractivity contribution in [1.82, 2.24) is 9.80 Å². The van der Waals surface area contributed by atoms with Crippen LogP contribution in [0.1, 0.15) is 24.0 Å². The molecule has 0 N–H and O–H groups in total. The molecule has 2 heterocycles. The first-order chi connectivity index (χ1) is 11.8. The third-order valence-electron chi connectivity index (χ3n) is 5.05. The van der Waals surface area contributed by atoms with Crippen LogP contribution in [0.3, 0.4) is 0 Å². The van der Waals surface area contributed by atoms with Gasteiger partial charge in [0, 0.05) is 19.6 Å². The van der Waals surface area contributed by atoms with E-state index in [4.69, 9.17) is 0 Å². The lowest BCUT2D eigenvalue weighted by Gasteiger charge is -2.24. The molecule has 0 radical (unpaired) electrons. The van der Waals surface area contributed by atoms with E-state index < -0.39 is 0 Å². The SMILES string of the molecule is N#CN1CCC[C@H]1C(=O)N1Cc2cccc(-c3ccccc3)c2C1. The molecule has 0 spiro atoms. The second-order valence-electron chi connectivity index (χ2n) is 6.45. The van der Waals surface area contributed by atoms with Crippen molar-refractivity contribution in [2.45, 2.75) is 32.0 Å².